The summed E-state index contributed by atoms with van der Waals surface area (Å²) in [5, 5.41) is 0. The fraction of sp³-hybridized carbons (Fsp3) is 0.647. The van der Waals surface area contributed by atoms with Gasteiger partial charge in [0.2, 0.25) is 0 Å². The Labute approximate surface area is 118 Å². The minimum Gasteiger partial charge on any atom is -0.379 e. The van der Waals surface area contributed by atoms with Crippen molar-refractivity contribution in [1.29, 1.82) is 0 Å². The van der Waals surface area contributed by atoms with E-state index in [0.717, 1.165) is 6.61 Å². The lowest BCUT2D eigenvalue weighted by molar-refractivity contribution is 0.0836. The molecule has 19 heavy (non-hydrogen) atoms. The van der Waals surface area contributed by atoms with Crippen molar-refractivity contribution in [1.82, 2.24) is 0 Å². The first-order valence-electron chi connectivity index (χ1n) is 7.57. The molecule has 2 heteroatoms. The van der Waals surface area contributed by atoms with Crippen LogP contribution < -0.4 is 5.73 Å². The van der Waals surface area contributed by atoms with E-state index >= 15 is 0 Å². The maximum absolute atomic E-state index is 6.20. The van der Waals surface area contributed by atoms with Gasteiger partial charge in [-0.15, -0.1) is 0 Å². The molecule has 0 radical (unpaired) electrons. The number of nitrogens with two attached hydrogens (primary N) is 1. The molecule has 0 aliphatic rings. The summed E-state index contributed by atoms with van der Waals surface area (Å²) in [6.07, 6.45) is 5.02. The van der Waals surface area contributed by atoms with Crippen molar-refractivity contribution in [2.45, 2.75) is 52.5 Å². The number of hydrogen-bond acceptors (Lipinski definition) is 2. The zero-order valence-electron chi connectivity index (χ0n) is 12.7. The van der Waals surface area contributed by atoms with Gasteiger partial charge in [0.25, 0.3) is 0 Å². The van der Waals surface area contributed by atoms with E-state index in [4.69, 9.17) is 10.5 Å². The first kappa shape index (κ1) is 16.2. The molecule has 0 aliphatic carbocycles. The second-order valence-corrected chi connectivity index (χ2v) is 5.42. The van der Waals surface area contributed by atoms with Crippen molar-refractivity contribution < 1.29 is 4.74 Å². The van der Waals surface area contributed by atoms with Crippen LogP contribution in [0.5, 0.6) is 0 Å². The van der Waals surface area contributed by atoms with Gasteiger partial charge in [0, 0.05) is 6.61 Å². The van der Waals surface area contributed by atoms with Crippen LogP contribution >= 0.6 is 0 Å². The third-order valence-corrected chi connectivity index (χ3v) is 3.78. The van der Waals surface area contributed by atoms with Gasteiger partial charge in [-0.05, 0) is 30.4 Å². The molecule has 0 spiro atoms. The van der Waals surface area contributed by atoms with Gasteiger partial charge in [-0.2, -0.15) is 0 Å². The highest BCUT2D eigenvalue weighted by molar-refractivity contribution is 5.28. The van der Waals surface area contributed by atoms with Crippen molar-refractivity contribution in [2.24, 2.45) is 11.7 Å². The summed E-state index contributed by atoms with van der Waals surface area (Å²) in [5.41, 5.74) is 8.64. The summed E-state index contributed by atoms with van der Waals surface area (Å²) in [6, 6.07) is 8.27. The lowest BCUT2D eigenvalue weighted by Crippen LogP contribution is -2.20. The Bertz CT molecular complexity index is 351. The molecule has 1 rings (SSSR count). The van der Waals surface area contributed by atoms with E-state index in [1.54, 1.807) is 0 Å². The molecule has 2 atom stereocenters. The standard InChI is InChI=1S/C17H29NO/c1-4-6-10-15(5-2)12-19-13-17(18)16-11-8-7-9-14(16)3/h7-9,11,15,17H,4-6,10,12-13,18H2,1-3H3. The Morgan fingerprint density at radius 3 is 2.53 bits per heavy atom. The van der Waals surface area contributed by atoms with Crippen LogP contribution in [0.3, 0.4) is 0 Å². The Balaban J connectivity index is 2.34. The summed E-state index contributed by atoms with van der Waals surface area (Å²) in [5.74, 6) is 0.684. The highest BCUT2D eigenvalue weighted by Gasteiger charge is 2.10. The molecule has 0 fully saturated rings. The molecule has 2 nitrogen and oxygen atoms in total. The van der Waals surface area contributed by atoms with Gasteiger partial charge in [0.1, 0.15) is 0 Å². The van der Waals surface area contributed by atoms with Gasteiger partial charge in [-0.3, -0.25) is 0 Å². The lowest BCUT2D eigenvalue weighted by atomic mass is 10.0. The number of benzene rings is 1. The predicted molar refractivity (Wildman–Crippen MR) is 82.2 cm³/mol. The fourth-order valence-electron chi connectivity index (χ4n) is 2.35. The molecule has 0 aliphatic heterocycles. The van der Waals surface area contributed by atoms with Crippen LogP contribution in [0.1, 0.15) is 56.7 Å². The van der Waals surface area contributed by atoms with E-state index in [9.17, 15) is 0 Å². The predicted octanol–water partition coefficient (Wildman–Crippen LogP) is 4.23. The van der Waals surface area contributed by atoms with Crippen molar-refractivity contribution in [2.75, 3.05) is 13.2 Å². The average molecular weight is 263 g/mol. The van der Waals surface area contributed by atoms with Crippen molar-refractivity contribution in [3.8, 4) is 0 Å². The van der Waals surface area contributed by atoms with Crippen LogP contribution in [-0.4, -0.2) is 13.2 Å². The Morgan fingerprint density at radius 2 is 1.89 bits per heavy atom. The molecule has 2 unspecified atom stereocenters. The van der Waals surface area contributed by atoms with Crippen LogP contribution in [0.15, 0.2) is 24.3 Å². The molecule has 0 aromatic heterocycles. The van der Waals surface area contributed by atoms with Gasteiger partial charge in [0.05, 0.1) is 12.6 Å². The number of aryl methyl sites for hydroxylation is 1. The molecule has 0 bridgehead atoms. The van der Waals surface area contributed by atoms with Crippen LogP contribution in [0.25, 0.3) is 0 Å². The van der Waals surface area contributed by atoms with E-state index < -0.39 is 0 Å². The van der Waals surface area contributed by atoms with Gasteiger partial charge in [0.15, 0.2) is 0 Å². The van der Waals surface area contributed by atoms with Crippen molar-refractivity contribution in [3.05, 3.63) is 35.4 Å². The maximum Gasteiger partial charge on any atom is 0.0659 e. The van der Waals surface area contributed by atoms with Crippen LogP contribution in [0.2, 0.25) is 0 Å². The summed E-state index contributed by atoms with van der Waals surface area (Å²) in [4.78, 5) is 0. The minimum absolute atomic E-state index is 0.00937. The highest BCUT2D eigenvalue weighted by atomic mass is 16.5. The summed E-state index contributed by atoms with van der Waals surface area (Å²) >= 11 is 0. The number of rotatable bonds is 9. The first-order chi connectivity index (χ1) is 9.19. The summed E-state index contributed by atoms with van der Waals surface area (Å²) in [7, 11) is 0. The quantitative estimate of drug-likeness (QED) is 0.723. The van der Waals surface area contributed by atoms with Gasteiger partial charge in [-0.1, -0.05) is 57.4 Å². The van der Waals surface area contributed by atoms with E-state index in [2.05, 4.69) is 32.9 Å². The maximum atomic E-state index is 6.20. The second-order valence-electron chi connectivity index (χ2n) is 5.42. The van der Waals surface area contributed by atoms with Gasteiger partial charge in [-0.25, -0.2) is 0 Å². The van der Waals surface area contributed by atoms with E-state index in [1.807, 2.05) is 12.1 Å². The lowest BCUT2D eigenvalue weighted by Gasteiger charge is -2.18. The topological polar surface area (TPSA) is 35.2 Å². The Morgan fingerprint density at radius 1 is 1.16 bits per heavy atom. The van der Waals surface area contributed by atoms with E-state index in [-0.39, 0.29) is 6.04 Å². The molecule has 0 saturated heterocycles. The second kappa shape index (κ2) is 9.11. The molecule has 1 aromatic rings. The Hall–Kier alpha value is -0.860. The Kier molecular flexibility index (Phi) is 7.76. The molecule has 1 aromatic carbocycles. The summed E-state index contributed by atoms with van der Waals surface area (Å²) in [6.45, 7) is 8.04. The number of unbranched alkanes of at least 4 members (excludes halogenated alkanes) is 1. The fourth-order valence-corrected chi connectivity index (χ4v) is 2.35. The molecule has 0 amide bonds. The van der Waals surface area contributed by atoms with Crippen molar-refractivity contribution in [3.63, 3.8) is 0 Å². The highest BCUT2D eigenvalue weighted by Crippen LogP contribution is 2.17. The van der Waals surface area contributed by atoms with Gasteiger partial charge < -0.3 is 10.5 Å². The van der Waals surface area contributed by atoms with E-state index in [0.29, 0.717) is 12.5 Å². The minimum atomic E-state index is -0.00937. The van der Waals surface area contributed by atoms with E-state index in [1.165, 1.54) is 36.8 Å². The average Bonchev–Trinajstić information content (AvgIpc) is 2.42. The van der Waals surface area contributed by atoms with Crippen LogP contribution in [0, 0.1) is 12.8 Å². The molecule has 108 valence electrons. The molecule has 0 heterocycles. The number of hydrogen-bond donors (Lipinski definition) is 1. The molecular weight excluding hydrogens is 234 g/mol. The normalized spacial score (nSPS) is 14.3. The summed E-state index contributed by atoms with van der Waals surface area (Å²) < 4.78 is 5.83. The monoisotopic (exact) mass is 263 g/mol. The smallest absolute Gasteiger partial charge is 0.0659 e. The zero-order valence-corrected chi connectivity index (χ0v) is 12.7. The third kappa shape index (κ3) is 5.75. The molecule has 0 saturated carbocycles. The third-order valence-electron chi connectivity index (χ3n) is 3.78. The largest absolute Gasteiger partial charge is 0.379 e. The molecule has 2 N–H and O–H groups in total. The molecular formula is C17H29NO. The SMILES string of the molecule is CCCCC(CC)COCC(N)c1ccccc1C. The number of ether oxygens (including phenoxy) is 1. The van der Waals surface area contributed by atoms with Crippen LogP contribution in [-0.2, 0) is 4.74 Å². The first-order valence-corrected chi connectivity index (χ1v) is 7.57. The van der Waals surface area contributed by atoms with Crippen LogP contribution in [0.4, 0.5) is 0 Å². The van der Waals surface area contributed by atoms with Gasteiger partial charge >= 0.3 is 0 Å². The van der Waals surface area contributed by atoms with Crippen molar-refractivity contribution >= 4 is 0 Å². The zero-order chi connectivity index (χ0) is 14.1.